The number of anilines is 1. The average molecular weight is 419 g/mol. The van der Waals surface area contributed by atoms with Gasteiger partial charge in [-0.2, -0.15) is 13.2 Å². The molecule has 5 nitrogen and oxygen atoms in total. The number of ether oxygens (including phenoxy) is 1. The normalized spacial score (nSPS) is 12.1. The van der Waals surface area contributed by atoms with Gasteiger partial charge in [0, 0.05) is 24.8 Å². The number of benzene rings is 2. The fourth-order valence-corrected chi connectivity index (χ4v) is 2.46. The Bertz CT molecular complexity index is 798. The summed E-state index contributed by atoms with van der Waals surface area (Å²) in [7, 11) is 1.53. The van der Waals surface area contributed by atoms with Gasteiger partial charge in [0.25, 0.3) is 5.91 Å². The van der Waals surface area contributed by atoms with E-state index in [1.54, 1.807) is 25.1 Å². The maximum Gasteiger partial charge on any atom is 0.416 e. The molecular weight excluding hydrogens is 397 g/mol. The van der Waals surface area contributed by atoms with Crippen LogP contribution >= 0.6 is 12.4 Å². The molecule has 0 bridgehead atoms. The summed E-state index contributed by atoms with van der Waals surface area (Å²) in [5.74, 6) is -0.101. The first kappa shape index (κ1) is 23.6. The number of halogens is 4. The molecular formula is C19H22ClF3N2O3. The quantitative estimate of drug-likeness (QED) is 0.704. The van der Waals surface area contributed by atoms with Gasteiger partial charge < -0.3 is 20.5 Å². The minimum atomic E-state index is -4.42. The van der Waals surface area contributed by atoms with Gasteiger partial charge in [0.1, 0.15) is 18.5 Å². The second-order valence-electron chi connectivity index (χ2n) is 6.25. The summed E-state index contributed by atoms with van der Waals surface area (Å²) in [5, 5.41) is 10.1. The number of hydrogen-bond donors (Lipinski definition) is 2. The van der Waals surface area contributed by atoms with Gasteiger partial charge in [0.05, 0.1) is 5.56 Å². The number of nitrogens with two attached hydrogens (primary N) is 1. The first-order valence-electron chi connectivity index (χ1n) is 8.17. The lowest BCUT2D eigenvalue weighted by Gasteiger charge is -2.22. The number of aliphatic hydroxyl groups is 1. The van der Waals surface area contributed by atoms with Gasteiger partial charge in [-0.25, -0.2) is 0 Å². The van der Waals surface area contributed by atoms with E-state index in [9.17, 15) is 23.1 Å². The third-order valence-electron chi connectivity index (χ3n) is 3.95. The molecule has 1 unspecified atom stereocenters. The molecule has 0 fully saturated rings. The van der Waals surface area contributed by atoms with Crippen molar-refractivity contribution in [2.45, 2.75) is 19.2 Å². The molecule has 2 rings (SSSR count). The highest BCUT2D eigenvalue weighted by molar-refractivity contribution is 5.96. The van der Waals surface area contributed by atoms with Crippen molar-refractivity contribution in [3.63, 3.8) is 0 Å². The molecule has 28 heavy (non-hydrogen) atoms. The lowest BCUT2D eigenvalue weighted by Crippen LogP contribution is -2.37. The Morgan fingerprint density at radius 1 is 1.21 bits per heavy atom. The number of aliphatic hydroxyl groups excluding tert-OH is 1. The van der Waals surface area contributed by atoms with Crippen LogP contribution in [0.4, 0.5) is 18.9 Å². The van der Waals surface area contributed by atoms with Crippen molar-refractivity contribution in [3.05, 3.63) is 59.2 Å². The predicted octanol–water partition coefficient (Wildman–Crippen LogP) is 3.53. The Kier molecular flexibility index (Phi) is 8.14. The van der Waals surface area contributed by atoms with Crippen LogP contribution in [0, 0.1) is 6.92 Å². The summed E-state index contributed by atoms with van der Waals surface area (Å²) in [6.07, 6.45) is -5.43. The number of aryl methyl sites for hydroxylation is 1. The van der Waals surface area contributed by atoms with Gasteiger partial charge in [0.15, 0.2) is 0 Å². The highest BCUT2D eigenvalue weighted by Crippen LogP contribution is 2.30. The van der Waals surface area contributed by atoms with Crippen LogP contribution in [0.25, 0.3) is 0 Å². The third-order valence-corrected chi connectivity index (χ3v) is 3.95. The van der Waals surface area contributed by atoms with Gasteiger partial charge in [-0.1, -0.05) is 6.07 Å². The summed E-state index contributed by atoms with van der Waals surface area (Å²) < 4.78 is 42.8. The lowest BCUT2D eigenvalue weighted by molar-refractivity contribution is -0.137. The summed E-state index contributed by atoms with van der Waals surface area (Å²) in [4.78, 5) is 13.8. The van der Waals surface area contributed by atoms with Crippen molar-refractivity contribution in [2.75, 3.05) is 25.9 Å². The standard InChI is InChI=1S/C19H21F3N2O3.ClH/c1-12-3-6-14(23)9-17(12)18(26)24(2)10-15(25)11-27-16-7-4-13(5-8-16)19(20,21)22;/h3-9,15,25H,10-11,23H2,1-2H3;1H. The second kappa shape index (κ2) is 9.66. The molecule has 2 aromatic rings. The number of carbonyl (C=O) groups excluding carboxylic acids is 1. The molecule has 0 heterocycles. The summed E-state index contributed by atoms with van der Waals surface area (Å²) in [6, 6.07) is 9.17. The van der Waals surface area contributed by atoms with Crippen molar-refractivity contribution in [1.82, 2.24) is 4.90 Å². The minimum Gasteiger partial charge on any atom is -0.491 e. The number of nitrogen functional groups attached to an aromatic ring is 1. The number of amides is 1. The topological polar surface area (TPSA) is 75.8 Å². The Balaban J connectivity index is 0.00000392. The molecule has 0 radical (unpaired) electrons. The van der Waals surface area contributed by atoms with E-state index in [2.05, 4.69) is 0 Å². The van der Waals surface area contributed by atoms with E-state index in [4.69, 9.17) is 10.5 Å². The van der Waals surface area contributed by atoms with Crippen molar-refractivity contribution >= 4 is 24.0 Å². The molecule has 9 heteroatoms. The van der Waals surface area contributed by atoms with Crippen molar-refractivity contribution < 1.29 is 27.8 Å². The molecule has 154 valence electrons. The molecule has 0 saturated carbocycles. The van der Waals surface area contributed by atoms with Crippen molar-refractivity contribution in [3.8, 4) is 5.75 Å². The number of hydrogen-bond acceptors (Lipinski definition) is 4. The maximum absolute atomic E-state index is 12.5. The SMILES string of the molecule is Cc1ccc(N)cc1C(=O)N(C)CC(O)COc1ccc(C(F)(F)F)cc1.Cl. The molecule has 1 amide bonds. The highest BCUT2D eigenvalue weighted by Gasteiger charge is 2.30. The average Bonchev–Trinajstić information content (AvgIpc) is 2.61. The van der Waals surface area contributed by atoms with Crippen LogP contribution < -0.4 is 10.5 Å². The molecule has 0 aliphatic rings. The zero-order chi connectivity index (χ0) is 20.2. The van der Waals surface area contributed by atoms with Gasteiger partial charge in [0.2, 0.25) is 0 Å². The van der Waals surface area contributed by atoms with E-state index in [0.717, 1.165) is 17.7 Å². The number of alkyl halides is 3. The first-order valence-corrected chi connectivity index (χ1v) is 8.17. The predicted molar refractivity (Wildman–Crippen MR) is 103 cm³/mol. The van der Waals surface area contributed by atoms with Gasteiger partial charge in [-0.15, -0.1) is 12.4 Å². The number of nitrogens with zero attached hydrogens (tertiary/aromatic N) is 1. The van der Waals surface area contributed by atoms with E-state index >= 15 is 0 Å². The maximum atomic E-state index is 12.5. The Hall–Kier alpha value is -2.45. The molecule has 0 aliphatic heterocycles. The second-order valence-corrected chi connectivity index (χ2v) is 6.25. The monoisotopic (exact) mass is 418 g/mol. The number of carbonyl (C=O) groups is 1. The number of rotatable bonds is 6. The molecule has 0 saturated heterocycles. The van der Waals surface area contributed by atoms with Gasteiger partial charge >= 0.3 is 6.18 Å². The molecule has 2 aromatic carbocycles. The van der Waals surface area contributed by atoms with Crippen LogP contribution in [0.5, 0.6) is 5.75 Å². The van der Waals surface area contributed by atoms with Crippen molar-refractivity contribution in [1.29, 1.82) is 0 Å². The lowest BCUT2D eigenvalue weighted by atomic mass is 10.1. The molecule has 1 atom stereocenters. The van der Waals surface area contributed by atoms with Crippen LogP contribution in [0.15, 0.2) is 42.5 Å². The zero-order valence-electron chi connectivity index (χ0n) is 15.4. The van der Waals surface area contributed by atoms with Crippen LogP contribution in [0.1, 0.15) is 21.5 Å². The molecule has 0 spiro atoms. The zero-order valence-corrected chi connectivity index (χ0v) is 16.2. The third kappa shape index (κ3) is 6.31. The van der Waals surface area contributed by atoms with E-state index < -0.39 is 17.8 Å². The fraction of sp³-hybridized carbons (Fsp3) is 0.316. The summed E-state index contributed by atoms with van der Waals surface area (Å²) in [6.45, 7) is 1.61. The highest BCUT2D eigenvalue weighted by atomic mass is 35.5. The van der Waals surface area contributed by atoms with Crippen LogP contribution in [-0.2, 0) is 6.18 Å². The van der Waals surface area contributed by atoms with Crippen LogP contribution in [0.2, 0.25) is 0 Å². The Labute approximate surface area is 167 Å². The molecule has 0 aromatic heterocycles. The minimum absolute atomic E-state index is 0. The number of likely N-dealkylation sites (N-methyl/N-ethyl adjacent to an activating group) is 1. The smallest absolute Gasteiger partial charge is 0.416 e. The molecule has 3 N–H and O–H groups in total. The molecule has 0 aliphatic carbocycles. The Morgan fingerprint density at radius 3 is 2.39 bits per heavy atom. The fourth-order valence-electron chi connectivity index (χ4n) is 2.46. The van der Waals surface area contributed by atoms with Gasteiger partial charge in [-0.05, 0) is 48.9 Å². The van der Waals surface area contributed by atoms with Crippen LogP contribution in [-0.4, -0.2) is 42.2 Å². The largest absolute Gasteiger partial charge is 0.491 e. The first-order chi connectivity index (χ1) is 12.6. The summed E-state index contributed by atoms with van der Waals surface area (Å²) in [5.41, 5.74) is 6.59. The van der Waals surface area contributed by atoms with E-state index in [0.29, 0.717) is 11.3 Å². The van der Waals surface area contributed by atoms with Crippen molar-refractivity contribution in [2.24, 2.45) is 0 Å². The van der Waals surface area contributed by atoms with E-state index in [1.807, 2.05) is 0 Å². The van der Waals surface area contributed by atoms with Crippen LogP contribution in [0.3, 0.4) is 0 Å². The van der Waals surface area contributed by atoms with E-state index in [-0.39, 0.29) is 37.2 Å². The van der Waals surface area contributed by atoms with E-state index in [1.165, 1.54) is 24.1 Å². The van der Waals surface area contributed by atoms with Gasteiger partial charge in [-0.3, -0.25) is 4.79 Å². The Morgan fingerprint density at radius 2 is 1.82 bits per heavy atom. The summed E-state index contributed by atoms with van der Waals surface area (Å²) >= 11 is 0.